The van der Waals surface area contributed by atoms with Crippen molar-refractivity contribution in [1.82, 2.24) is 4.90 Å². The number of furan rings is 1. The van der Waals surface area contributed by atoms with Gasteiger partial charge in [-0.25, -0.2) is 4.39 Å². The predicted molar refractivity (Wildman–Crippen MR) is 80.5 cm³/mol. The van der Waals surface area contributed by atoms with Crippen molar-refractivity contribution >= 4 is 0 Å². The summed E-state index contributed by atoms with van der Waals surface area (Å²) in [4.78, 5) is 2.12. The molecule has 1 aromatic carbocycles. The van der Waals surface area contributed by atoms with Crippen molar-refractivity contribution in [3.05, 3.63) is 58.8 Å². The quantitative estimate of drug-likeness (QED) is 0.883. The van der Waals surface area contributed by atoms with E-state index in [-0.39, 0.29) is 5.82 Å². The zero-order chi connectivity index (χ0) is 15.4. The van der Waals surface area contributed by atoms with E-state index >= 15 is 0 Å². The Bertz CT molecular complexity index is 594. The Hall–Kier alpha value is -1.65. The highest BCUT2D eigenvalue weighted by atomic mass is 19.1. The van der Waals surface area contributed by atoms with Crippen molar-refractivity contribution in [2.45, 2.75) is 32.9 Å². The Morgan fingerprint density at radius 1 is 1.29 bits per heavy atom. The van der Waals surface area contributed by atoms with E-state index in [1.165, 1.54) is 6.07 Å². The molecule has 1 atom stereocenters. The number of aliphatic hydroxyl groups is 1. The second-order valence-corrected chi connectivity index (χ2v) is 5.55. The molecule has 1 unspecified atom stereocenters. The maximum absolute atomic E-state index is 13.5. The van der Waals surface area contributed by atoms with Gasteiger partial charge in [0.1, 0.15) is 11.6 Å². The van der Waals surface area contributed by atoms with E-state index in [9.17, 15) is 9.50 Å². The van der Waals surface area contributed by atoms with Crippen molar-refractivity contribution in [3.63, 3.8) is 0 Å². The largest absolute Gasteiger partial charge is 0.469 e. The average Bonchev–Trinajstić information content (AvgIpc) is 2.84. The van der Waals surface area contributed by atoms with Gasteiger partial charge in [-0.05, 0) is 50.6 Å². The van der Waals surface area contributed by atoms with Crippen molar-refractivity contribution in [2.75, 3.05) is 13.6 Å². The lowest BCUT2D eigenvalue weighted by Crippen LogP contribution is -2.21. The minimum Gasteiger partial charge on any atom is -0.469 e. The third-order valence-corrected chi connectivity index (χ3v) is 3.77. The second-order valence-electron chi connectivity index (χ2n) is 5.55. The molecule has 0 spiro atoms. The summed E-state index contributed by atoms with van der Waals surface area (Å²) < 4.78 is 18.8. The van der Waals surface area contributed by atoms with Crippen LogP contribution in [0.1, 0.15) is 35.0 Å². The maximum atomic E-state index is 13.5. The van der Waals surface area contributed by atoms with E-state index in [1.54, 1.807) is 25.3 Å². The van der Waals surface area contributed by atoms with Gasteiger partial charge in [0.25, 0.3) is 0 Å². The Morgan fingerprint density at radius 2 is 2.05 bits per heavy atom. The van der Waals surface area contributed by atoms with Gasteiger partial charge in [0.15, 0.2) is 0 Å². The number of halogens is 1. The van der Waals surface area contributed by atoms with E-state index in [0.29, 0.717) is 17.5 Å². The van der Waals surface area contributed by atoms with Gasteiger partial charge in [-0.15, -0.1) is 0 Å². The molecule has 1 aromatic heterocycles. The number of nitrogens with zero attached hydrogens (tertiary/aromatic N) is 1. The van der Waals surface area contributed by atoms with Gasteiger partial charge in [0.2, 0.25) is 0 Å². The standard InChI is InChI=1S/C17H22FNO2/c1-12-4-5-14(10-16(12)18)17(20)6-8-19(3)11-15-7-9-21-13(15)2/h4-5,7,9-10,17,20H,6,8,11H2,1-3H3. The predicted octanol–water partition coefficient (Wildman–Crippen LogP) is 3.59. The number of aliphatic hydroxyl groups excluding tert-OH is 1. The SMILES string of the molecule is Cc1ccc(C(O)CCN(C)Cc2ccoc2C)cc1F. The molecule has 0 aliphatic heterocycles. The van der Waals surface area contributed by atoms with Crippen molar-refractivity contribution in [1.29, 1.82) is 0 Å². The molecule has 1 heterocycles. The van der Waals surface area contributed by atoms with Gasteiger partial charge in [0, 0.05) is 18.7 Å². The molecule has 0 aliphatic rings. The minimum absolute atomic E-state index is 0.270. The molecule has 21 heavy (non-hydrogen) atoms. The molecule has 2 aromatic rings. The highest BCUT2D eigenvalue weighted by molar-refractivity contribution is 5.24. The van der Waals surface area contributed by atoms with Gasteiger partial charge in [0.05, 0.1) is 12.4 Å². The summed E-state index contributed by atoms with van der Waals surface area (Å²) in [5, 5.41) is 10.2. The van der Waals surface area contributed by atoms with E-state index in [2.05, 4.69) is 4.90 Å². The fourth-order valence-corrected chi connectivity index (χ4v) is 2.27. The third kappa shape index (κ3) is 4.16. The van der Waals surface area contributed by atoms with Crippen LogP contribution in [0.5, 0.6) is 0 Å². The lowest BCUT2D eigenvalue weighted by Gasteiger charge is -2.19. The first-order valence-electron chi connectivity index (χ1n) is 7.13. The fraction of sp³-hybridized carbons (Fsp3) is 0.412. The normalized spacial score (nSPS) is 12.9. The molecule has 0 bridgehead atoms. The van der Waals surface area contributed by atoms with Crippen LogP contribution >= 0.6 is 0 Å². The van der Waals surface area contributed by atoms with E-state index in [4.69, 9.17) is 4.42 Å². The van der Waals surface area contributed by atoms with Gasteiger partial charge < -0.3 is 14.4 Å². The minimum atomic E-state index is -0.645. The first-order chi connectivity index (χ1) is 9.97. The monoisotopic (exact) mass is 291 g/mol. The first-order valence-corrected chi connectivity index (χ1v) is 7.13. The zero-order valence-electron chi connectivity index (χ0n) is 12.8. The summed E-state index contributed by atoms with van der Waals surface area (Å²) in [6, 6.07) is 6.85. The summed E-state index contributed by atoms with van der Waals surface area (Å²) in [6.07, 6.45) is 1.60. The first kappa shape index (κ1) is 15.7. The van der Waals surface area contributed by atoms with E-state index < -0.39 is 6.10 Å². The van der Waals surface area contributed by atoms with Crippen LogP contribution < -0.4 is 0 Å². The van der Waals surface area contributed by atoms with Gasteiger partial charge in [-0.2, -0.15) is 0 Å². The topological polar surface area (TPSA) is 36.6 Å². The summed E-state index contributed by atoms with van der Waals surface area (Å²) in [5.74, 6) is 0.650. The molecule has 4 heteroatoms. The van der Waals surface area contributed by atoms with Crippen LogP contribution in [0, 0.1) is 19.7 Å². The van der Waals surface area contributed by atoms with Gasteiger partial charge >= 0.3 is 0 Å². The van der Waals surface area contributed by atoms with Crippen molar-refractivity contribution in [2.24, 2.45) is 0 Å². The number of hydrogen-bond acceptors (Lipinski definition) is 3. The lowest BCUT2D eigenvalue weighted by atomic mass is 10.0. The smallest absolute Gasteiger partial charge is 0.126 e. The molecule has 0 saturated carbocycles. The van der Waals surface area contributed by atoms with Crippen molar-refractivity contribution < 1.29 is 13.9 Å². The summed E-state index contributed by atoms with van der Waals surface area (Å²) in [7, 11) is 1.99. The average molecular weight is 291 g/mol. The molecule has 0 aliphatic carbocycles. The third-order valence-electron chi connectivity index (χ3n) is 3.77. The van der Waals surface area contributed by atoms with Crippen LogP contribution in [0.4, 0.5) is 4.39 Å². The van der Waals surface area contributed by atoms with Crippen molar-refractivity contribution in [3.8, 4) is 0 Å². The summed E-state index contributed by atoms with van der Waals surface area (Å²) >= 11 is 0. The molecular weight excluding hydrogens is 269 g/mol. The highest BCUT2D eigenvalue weighted by Crippen LogP contribution is 2.20. The molecule has 114 valence electrons. The van der Waals surface area contributed by atoms with Crippen LogP contribution in [0.15, 0.2) is 34.9 Å². The molecule has 2 rings (SSSR count). The highest BCUT2D eigenvalue weighted by Gasteiger charge is 2.12. The maximum Gasteiger partial charge on any atom is 0.126 e. The van der Waals surface area contributed by atoms with Gasteiger partial charge in [-0.1, -0.05) is 12.1 Å². The number of aryl methyl sites for hydroxylation is 2. The fourth-order valence-electron chi connectivity index (χ4n) is 2.27. The zero-order valence-corrected chi connectivity index (χ0v) is 12.8. The van der Waals surface area contributed by atoms with Gasteiger partial charge in [-0.3, -0.25) is 0 Å². The molecule has 1 N–H and O–H groups in total. The van der Waals surface area contributed by atoms with Crippen LogP contribution in [0.2, 0.25) is 0 Å². The van der Waals surface area contributed by atoms with E-state index in [0.717, 1.165) is 24.4 Å². The van der Waals surface area contributed by atoms with Crippen LogP contribution in [0.25, 0.3) is 0 Å². The Morgan fingerprint density at radius 3 is 2.67 bits per heavy atom. The Kier molecular flexibility index (Phi) is 5.15. The molecule has 0 fully saturated rings. The Labute approximate surface area is 125 Å². The number of rotatable bonds is 6. The summed E-state index contributed by atoms with van der Waals surface area (Å²) in [6.45, 7) is 5.15. The molecule has 0 amide bonds. The molecular formula is C17H22FNO2. The van der Waals surface area contributed by atoms with E-state index in [1.807, 2.05) is 20.0 Å². The second kappa shape index (κ2) is 6.87. The lowest BCUT2D eigenvalue weighted by molar-refractivity contribution is 0.147. The van der Waals surface area contributed by atoms with Crippen LogP contribution in [-0.2, 0) is 6.54 Å². The molecule has 3 nitrogen and oxygen atoms in total. The molecule has 0 radical (unpaired) electrons. The number of hydrogen-bond donors (Lipinski definition) is 1. The van der Waals surface area contributed by atoms with Crippen LogP contribution in [0.3, 0.4) is 0 Å². The van der Waals surface area contributed by atoms with Crippen LogP contribution in [-0.4, -0.2) is 23.6 Å². The Balaban J connectivity index is 1.87. The summed E-state index contributed by atoms with van der Waals surface area (Å²) in [5.41, 5.74) is 2.37. The number of benzene rings is 1. The molecule has 0 saturated heterocycles.